The van der Waals surface area contributed by atoms with Crippen LogP contribution in [0.1, 0.15) is 13.3 Å². The van der Waals surface area contributed by atoms with Crippen LogP contribution in [-0.2, 0) is 9.09 Å². The SMILES string of the molecule is CCCOP(=O)(O)C=CF. The molecule has 10 heavy (non-hydrogen) atoms. The van der Waals surface area contributed by atoms with Crippen molar-refractivity contribution in [3.05, 3.63) is 12.1 Å². The van der Waals surface area contributed by atoms with Gasteiger partial charge in [-0.3, -0.25) is 4.57 Å². The Hall–Kier alpha value is -0.180. The van der Waals surface area contributed by atoms with Crippen LogP contribution in [0.4, 0.5) is 4.39 Å². The molecule has 0 bridgehead atoms. The van der Waals surface area contributed by atoms with Crippen molar-refractivity contribution in [2.45, 2.75) is 13.3 Å². The molecule has 0 radical (unpaired) electrons. The van der Waals surface area contributed by atoms with Gasteiger partial charge in [0.05, 0.1) is 18.8 Å². The number of hydrogen-bond donors (Lipinski definition) is 1. The third-order valence-electron chi connectivity index (χ3n) is 0.725. The maximum atomic E-state index is 11.3. The summed E-state index contributed by atoms with van der Waals surface area (Å²) < 4.78 is 26.3. The predicted molar refractivity (Wildman–Crippen MR) is 36.3 cm³/mol. The first-order valence-electron chi connectivity index (χ1n) is 2.87. The minimum Gasteiger partial charge on any atom is -0.321 e. The van der Waals surface area contributed by atoms with Gasteiger partial charge in [0.25, 0.3) is 0 Å². The van der Waals surface area contributed by atoms with E-state index in [-0.39, 0.29) is 12.9 Å². The summed E-state index contributed by atoms with van der Waals surface area (Å²) in [6, 6.07) is 0. The quantitative estimate of drug-likeness (QED) is 0.653. The smallest absolute Gasteiger partial charge is 0.321 e. The summed E-state index contributed by atoms with van der Waals surface area (Å²) in [6.07, 6.45) is 0.640. The Morgan fingerprint density at radius 2 is 2.40 bits per heavy atom. The van der Waals surface area contributed by atoms with E-state index in [0.717, 1.165) is 0 Å². The highest BCUT2D eigenvalue weighted by atomic mass is 31.2. The minimum absolute atomic E-state index is 0.0104. The average molecular weight is 168 g/mol. The monoisotopic (exact) mass is 168 g/mol. The summed E-state index contributed by atoms with van der Waals surface area (Å²) in [7, 11) is -3.76. The molecule has 5 heteroatoms. The van der Waals surface area contributed by atoms with Crippen LogP contribution in [0, 0.1) is 0 Å². The topological polar surface area (TPSA) is 46.5 Å². The van der Waals surface area contributed by atoms with Gasteiger partial charge in [0.2, 0.25) is 0 Å². The highest BCUT2D eigenvalue weighted by Crippen LogP contribution is 2.43. The highest BCUT2D eigenvalue weighted by Gasteiger charge is 2.12. The zero-order valence-electron chi connectivity index (χ0n) is 5.66. The second-order valence-electron chi connectivity index (χ2n) is 1.67. The maximum Gasteiger partial charge on any atom is 0.353 e. The van der Waals surface area contributed by atoms with Gasteiger partial charge in [-0.15, -0.1) is 0 Å². The van der Waals surface area contributed by atoms with E-state index in [2.05, 4.69) is 4.52 Å². The summed E-state index contributed by atoms with van der Waals surface area (Å²) in [5.74, 6) is 0.517. The average Bonchev–Trinajstić information content (AvgIpc) is 1.84. The predicted octanol–water partition coefficient (Wildman–Crippen LogP) is 2.04. The van der Waals surface area contributed by atoms with Crippen LogP contribution in [0.2, 0.25) is 0 Å². The highest BCUT2D eigenvalue weighted by molar-refractivity contribution is 7.56. The van der Waals surface area contributed by atoms with Crippen LogP contribution in [0.15, 0.2) is 12.1 Å². The Labute approximate surface area is 59.0 Å². The van der Waals surface area contributed by atoms with E-state index in [9.17, 15) is 8.96 Å². The fourth-order valence-corrected chi connectivity index (χ4v) is 1.01. The second kappa shape index (κ2) is 4.61. The van der Waals surface area contributed by atoms with Gasteiger partial charge in [0.1, 0.15) is 0 Å². The molecule has 1 unspecified atom stereocenters. The van der Waals surface area contributed by atoms with Crippen molar-refractivity contribution in [2.24, 2.45) is 0 Å². The number of hydrogen-bond acceptors (Lipinski definition) is 2. The maximum absolute atomic E-state index is 11.3. The molecule has 0 aliphatic carbocycles. The largest absolute Gasteiger partial charge is 0.353 e. The van der Waals surface area contributed by atoms with Crippen molar-refractivity contribution < 1.29 is 18.4 Å². The fraction of sp³-hybridized carbons (Fsp3) is 0.600. The number of rotatable bonds is 4. The van der Waals surface area contributed by atoms with Gasteiger partial charge < -0.3 is 9.42 Å². The molecule has 60 valence electrons. The lowest BCUT2D eigenvalue weighted by atomic mass is 10.5. The van der Waals surface area contributed by atoms with Crippen LogP contribution in [-0.4, -0.2) is 11.5 Å². The van der Waals surface area contributed by atoms with Crippen molar-refractivity contribution in [3.63, 3.8) is 0 Å². The summed E-state index contributed by atoms with van der Waals surface area (Å²) >= 11 is 0. The molecular formula is C5H10FO3P. The van der Waals surface area contributed by atoms with Crippen molar-refractivity contribution in [1.82, 2.24) is 0 Å². The Kier molecular flexibility index (Phi) is 4.52. The minimum atomic E-state index is -3.76. The Bertz CT molecular complexity index is 157. The fourth-order valence-electron chi connectivity index (χ4n) is 0.336. The molecule has 0 aromatic rings. The molecule has 0 aliphatic heterocycles. The van der Waals surface area contributed by atoms with Gasteiger partial charge in [-0.25, -0.2) is 4.39 Å². The molecule has 0 amide bonds. The first-order valence-corrected chi connectivity index (χ1v) is 4.52. The third-order valence-corrected chi connectivity index (χ3v) is 1.77. The van der Waals surface area contributed by atoms with E-state index in [1.165, 1.54) is 0 Å². The molecule has 0 saturated heterocycles. The molecule has 0 aliphatic rings. The van der Waals surface area contributed by atoms with Gasteiger partial charge in [0.15, 0.2) is 0 Å². The van der Waals surface area contributed by atoms with Crippen molar-refractivity contribution >= 4 is 7.60 Å². The summed E-state index contributed by atoms with van der Waals surface area (Å²) in [4.78, 5) is 8.65. The zero-order valence-corrected chi connectivity index (χ0v) is 6.55. The first-order chi connectivity index (χ1) is 4.62. The molecule has 0 rings (SSSR count). The van der Waals surface area contributed by atoms with Gasteiger partial charge in [0, 0.05) is 0 Å². The lowest BCUT2D eigenvalue weighted by Crippen LogP contribution is -1.87. The molecule has 3 nitrogen and oxygen atoms in total. The van der Waals surface area contributed by atoms with Crippen molar-refractivity contribution in [1.29, 1.82) is 0 Å². The molecule has 1 N–H and O–H groups in total. The Morgan fingerprint density at radius 3 is 2.80 bits per heavy atom. The van der Waals surface area contributed by atoms with Gasteiger partial charge in [-0.1, -0.05) is 6.92 Å². The summed E-state index contributed by atoms with van der Waals surface area (Å²) in [5, 5.41) is 0. The Morgan fingerprint density at radius 1 is 1.80 bits per heavy atom. The standard InChI is InChI=1S/C5H10FO3P/c1-2-4-9-10(7,8)5-3-6/h3,5H,2,4H2,1H3,(H,7,8). The van der Waals surface area contributed by atoms with Crippen LogP contribution in [0.3, 0.4) is 0 Å². The molecule has 0 aromatic heterocycles. The number of halogens is 1. The first kappa shape index (κ1) is 9.82. The van der Waals surface area contributed by atoms with Crippen molar-refractivity contribution in [2.75, 3.05) is 6.61 Å². The molecule has 0 fully saturated rings. The summed E-state index contributed by atoms with van der Waals surface area (Å²) in [5.41, 5.74) is 0. The molecular weight excluding hydrogens is 158 g/mol. The van der Waals surface area contributed by atoms with E-state index < -0.39 is 7.60 Å². The van der Waals surface area contributed by atoms with Gasteiger partial charge in [-0.05, 0) is 6.42 Å². The van der Waals surface area contributed by atoms with E-state index in [1.54, 1.807) is 6.92 Å². The van der Waals surface area contributed by atoms with E-state index in [0.29, 0.717) is 12.2 Å². The van der Waals surface area contributed by atoms with E-state index >= 15 is 0 Å². The molecule has 0 aromatic carbocycles. The van der Waals surface area contributed by atoms with Gasteiger partial charge >= 0.3 is 7.60 Å². The lowest BCUT2D eigenvalue weighted by Gasteiger charge is -2.04. The third kappa shape index (κ3) is 4.68. The van der Waals surface area contributed by atoms with Crippen LogP contribution < -0.4 is 0 Å². The van der Waals surface area contributed by atoms with E-state index in [1.807, 2.05) is 0 Å². The zero-order chi connectivity index (χ0) is 8.04. The second-order valence-corrected chi connectivity index (χ2v) is 3.36. The molecule has 0 heterocycles. The Balaban J connectivity index is 3.76. The van der Waals surface area contributed by atoms with Crippen LogP contribution in [0.5, 0.6) is 0 Å². The van der Waals surface area contributed by atoms with E-state index in [4.69, 9.17) is 4.89 Å². The van der Waals surface area contributed by atoms with Crippen LogP contribution >= 0.6 is 7.60 Å². The molecule has 0 saturated carbocycles. The lowest BCUT2D eigenvalue weighted by molar-refractivity contribution is 0.268. The molecule has 1 atom stereocenters. The van der Waals surface area contributed by atoms with Crippen LogP contribution in [0.25, 0.3) is 0 Å². The molecule has 0 spiro atoms. The summed E-state index contributed by atoms with van der Waals surface area (Å²) in [6.45, 7) is 1.96. The van der Waals surface area contributed by atoms with Crippen molar-refractivity contribution in [3.8, 4) is 0 Å². The van der Waals surface area contributed by atoms with Gasteiger partial charge in [-0.2, -0.15) is 0 Å². The normalized spacial score (nSPS) is 17.5.